The number of nitriles is 1. The molecule has 4 rings (SSSR count). The van der Waals surface area contributed by atoms with Crippen molar-refractivity contribution in [1.29, 1.82) is 5.26 Å². The van der Waals surface area contributed by atoms with Gasteiger partial charge in [-0.3, -0.25) is 4.90 Å². The van der Waals surface area contributed by atoms with E-state index in [4.69, 9.17) is 22.4 Å². The minimum Gasteiger partial charge on any atom is -0.367 e. The van der Waals surface area contributed by atoms with Gasteiger partial charge in [-0.25, -0.2) is 14.4 Å². The van der Waals surface area contributed by atoms with E-state index in [9.17, 15) is 4.39 Å². The summed E-state index contributed by atoms with van der Waals surface area (Å²) in [6.07, 6.45) is 2.49. The molecule has 1 fully saturated rings. The summed E-state index contributed by atoms with van der Waals surface area (Å²) in [7, 11) is 0. The Morgan fingerprint density at radius 3 is 3.11 bits per heavy atom. The molecule has 0 bridgehead atoms. The zero-order chi connectivity index (χ0) is 22.3. The van der Waals surface area contributed by atoms with Gasteiger partial charge in [0.1, 0.15) is 28.9 Å². The highest BCUT2D eigenvalue weighted by Gasteiger charge is 2.21. The van der Waals surface area contributed by atoms with Crippen molar-refractivity contribution in [1.82, 2.24) is 14.9 Å². The summed E-state index contributed by atoms with van der Waals surface area (Å²) >= 11 is 7.25. The summed E-state index contributed by atoms with van der Waals surface area (Å²) in [5.74, 6) is -0.421. The minimum atomic E-state index is -0.901. The van der Waals surface area contributed by atoms with E-state index >= 15 is 0 Å². The molecule has 2 aromatic heterocycles. The van der Waals surface area contributed by atoms with E-state index in [0.717, 1.165) is 6.07 Å². The van der Waals surface area contributed by atoms with Gasteiger partial charge in [-0.15, -0.1) is 11.3 Å². The third-order valence-electron chi connectivity index (χ3n) is 4.37. The third kappa shape index (κ3) is 4.03. The maximum atomic E-state index is 13.7. The lowest BCUT2D eigenvalue weighted by molar-refractivity contribution is 0.211. The fourth-order valence-corrected chi connectivity index (χ4v) is 4.00. The number of hydrogen-bond acceptors (Lipinski definition) is 6. The molecule has 0 saturated carbocycles. The summed E-state index contributed by atoms with van der Waals surface area (Å²) in [4.78, 5) is 10.8. The molecule has 0 amide bonds. The standard InChI is InChI=1S/C19H17ClFN5S/c20-17-8-15-18(23-11-24-19(15)27-17)25-14-3-5-26(6-4-14)10-12-1-2-16(21)13(7-12)9-22/h1-2,7-8,11,14H,3-6,10H2,(H,23,24,25)/i1D,8D,10D/hD. The van der Waals surface area contributed by atoms with Gasteiger partial charge >= 0.3 is 0 Å². The lowest BCUT2D eigenvalue weighted by Crippen LogP contribution is -2.38. The van der Waals surface area contributed by atoms with Crippen LogP contribution in [-0.4, -0.2) is 34.0 Å². The van der Waals surface area contributed by atoms with Crippen molar-refractivity contribution in [3.05, 3.63) is 51.8 Å². The van der Waals surface area contributed by atoms with E-state index in [0.29, 0.717) is 46.3 Å². The normalized spacial score (nSPS) is 19.0. The van der Waals surface area contributed by atoms with Crippen LogP contribution in [0.3, 0.4) is 0 Å². The van der Waals surface area contributed by atoms with Crippen LogP contribution in [0.4, 0.5) is 10.2 Å². The molecule has 1 aromatic carbocycles. The number of piperidine rings is 1. The molecule has 138 valence electrons. The number of halogens is 2. The summed E-state index contributed by atoms with van der Waals surface area (Å²) < 4.78 is 47.3. The Labute approximate surface area is 171 Å². The van der Waals surface area contributed by atoms with Gasteiger partial charge in [0.15, 0.2) is 1.41 Å². The van der Waals surface area contributed by atoms with Gasteiger partial charge in [0.2, 0.25) is 0 Å². The lowest BCUT2D eigenvalue weighted by atomic mass is 10.0. The first kappa shape index (κ1) is 13.8. The molecule has 0 radical (unpaired) electrons. The number of nitrogens with zero attached hydrogens (tertiary/aromatic N) is 4. The van der Waals surface area contributed by atoms with Crippen molar-refractivity contribution in [2.45, 2.75) is 25.4 Å². The number of rotatable bonds is 4. The number of nitrogens with one attached hydrogen (secondary N) is 1. The highest BCUT2D eigenvalue weighted by atomic mass is 35.5. The van der Waals surface area contributed by atoms with Gasteiger partial charge in [0.05, 0.1) is 18.0 Å². The van der Waals surface area contributed by atoms with E-state index in [1.54, 1.807) is 6.07 Å². The van der Waals surface area contributed by atoms with Crippen LogP contribution in [0.2, 0.25) is 5.75 Å². The zero-order valence-electron chi connectivity index (χ0n) is 18.1. The Balaban J connectivity index is 1.50. The number of benzene rings is 1. The average molecular weight is 406 g/mol. The van der Waals surface area contributed by atoms with Gasteiger partial charge in [0.25, 0.3) is 0 Å². The molecule has 5 nitrogen and oxygen atoms in total. The highest BCUT2D eigenvalue weighted by molar-refractivity contribution is 7.22. The van der Waals surface area contributed by atoms with Crippen molar-refractivity contribution >= 4 is 39.0 Å². The largest absolute Gasteiger partial charge is 0.367 e. The van der Waals surface area contributed by atoms with Crippen LogP contribution in [0.25, 0.3) is 10.2 Å². The number of anilines is 1. The smallest absolute Gasteiger partial charge is 0.162 e. The third-order valence-corrected chi connectivity index (χ3v) is 5.48. The Bertz CT molecular complexity index is 1180. The van der Waals surface area contributed by atoms with Crippen LogP contribution >= 0.6 is 22.9 Å². The van der Waals surface area contributed by atoms with Crippen molar-refractivity contribution in [3.8, 4) is 6.07 Å². The maximum Gasteiger partial charge on any atom is 0.162 e. The average Bonchev–Trinajstić information content (AvgIpc) is 3.07. The molecular weight excluding hydrogens is 385 g/mol. The maximum absolute atomic E-state index is 13.7. The topological polar surface area (TPSA) is 64.8 Å². The fourth-order valence-electron chi connectivity index (χ4n) is 3.02. The van der Waals surface area contributed by atoms with Crippen LogP contribution in [0.5, 0.6) is 0 Å². The van der Waals surface area contributed by atoms with E-state index < -0.39 is 12.3 Å². The highest BCUT2D eigenvalue weighted by Crippen LogP contribution is 2.32. The molecule has 3 aromatic rings. The Kier molecular flexibility index (Phi) is 3.98. The monoisotopic (exact) mass is 405 g/mol. The molecular formula is C19H17ClFN5S. The van der Waals surface area contributed by atoms with Gasteiger partial charge in [0, 0.05) is 27.0 Å². The second-order valence-corrected chi connectivity index (χ2v) is 7.77. The second kappa shape index (κ2) is 7.77. The number of hydrogen-bond donors (Lipinski definition) is 1. The van der Waals surface area contributed by atoms with Crippen molar-refractivity contribution in [2.75, 3.05) is 18.4 Å². The van der Waals surface area contributed by atoms with Gasteiger partial charge in [-0.2, -0.15) is 5.26 Å². The molecule has 1 saturated heterocycles. The SMILES string of the molecule is [2H]c1cc(F)c(C#N)cc1C([2H])N1CCC(N([2H])c2ncnc3sc(Cl)c([2H])c23)CC1. The molecule has 8 heteroatoms. The summed E-state index contributed by atoms with van der Waals surface area (Å²) in [6.45, 7) is 0.0695. The van der Waals surface area contributed by atoms with Crippen molar-refractivity contribution in [3.63, 3.8) is 0 Å². The fraction of sp³-hybridized carbons (Fsp3) is 0.316. The first-order valence-electron chi connectivity index (χ1n) is 10.4. The Hall–Kier alpha value is -2.27. The first-order chi connectivity index (χ1) is 14.8. The minimum absolute atomic E-state index is 0.110. The van der Waals surface area contributed by atoms with Crippen molar-refractivity contribution < 1.29 is 9.91 Å². The van der Waals surface area contributed by atoms with E-state index in [1.807, 2.05) is 4.90 Å². The van der Waals surface area contributed by atoms with Gasteiger partial charge < -0.3 is 5.31 Å². The molecule has 1 atom stereocenters. The lowest BCUT2D eigenvalue weighted by Gasteiger charge is -2.32. The van der Waals surface area contributed by atoms with Crippen LogP contribution in [-0.2, 0) is 6.52 Å². The number of likely N-dealkylation sites (tertiary alicyclic amines) is 1. The summed E-state index contributed by atoms with van der Waals surface area (Å²) in [5, 5.41) is 10.8. The van der Waals surface area contributed by atoms with Gasteiger partial charge in [-0.05, 0) is 36.6 Å². The second-order valence-electron chi connectivity index (χ2n) is 6.17. The first-order valence-corrected chi connectivity index (χ1v) is 9.55. The molecule has 1 N–H and O–H groups in total. The van der Waals surface area contributed by atoms with E-state index in [2.05, 4.69) is 9.97 Å². The predicted octanol–water partition coefficient (Wildman–Crippen LogP) is 4.43. The summed E-state index contributed by atoms with van der Waals surface area (Å²) in [6, 6.07) is 3.82. The number of thiophene rings is 1. The van der Waals surface area contributed by atoms with Crippen LogP contribution in [0.1, 0.15) is 28.1 Å². The molecule has 1 aliphatic heterocycles. The van der Waals surface area contributed by atoms with Crippen LogP contribution in [0.15, 0.2) is 30.5 Å². The Morgan fingerprint density at radius 2 is 2.33 bits per heavy atom. The Morgan fingerprint density at radius 1 is 1.52 bits per heavy atom. The van der Waals surface area contributed by atoms with Gasteiger partial charge in [-0.1, -0.05) is 17.6 Å². The quantitative estimate of drug-likeness (QED) is 0.695. The molecule has 3 heterocycles. The molecule has 0 aliphatic carbocycles. The van der Waals surface area contributed by atoms with Crippen LogP contribution in [0, 0.1) is 17.1 Å². The van der Waals surface area contributed by atoms with Crippen LogP contribution < -0.4 is 5.31 Å². The molecule has 1 aliphatic rings. The van der Waals surface area contributed by atoms with E-state index in [-0.39, 0.29) is 29.3 Å². The summed E-state index contributed by atoms with van der Waals surface area (Å²) in [5.41, 5.74) is 0.104. The number of fused-ring (bicyclic) bond motifs is 1. The molecule has 1 unspecified atom stereocenters. The molecule has 27 heavy (non-hydrogen) atoms. The molecule has 0 spiro atoms. The predicted molar refractivity (Wildman–Crippen MR) is 105 cm³/mol. The number of aromatic nitrogens is 2. The zero-order valence-corrected chi connectivity index (χ0v) is 15.7. The van der Waals surface area contributed by atoms with Crippen molar-refractivity contribution in [2.24, 2.45) is 0 Å². The van der Waals surface area contributed by atoms with E-state index in [1.165, 1.54) is 29.0 Å².